The zero-order valence-corrected chi connectivity index (χ0v) is 15.3. The van der Waals surface area contributed by atoms with Crippen LogP contribution in [0.15, 0.2) is 35.8 Å². The van der Waals surface area contributed by atoms with Crippen molar-refractivity contribution < 1.29 is 9.90 Å². The zero-order chi connectivity index (χ0) is 17.6. The molecule has 25 heavy (non-hydrogen) atoms. The molecule has 1 aromatic carbocycles. The molecule has 3 aromatic rings. The Morgan fingerprint density at radius 1 is 1.40 bits per heavy atom. The molecule has 1 saturated heterocycles. The minimum absolute atomic E-state index is 0.555. The lowest BCUT2D eigenvalue weighted by molar-refractivity contribution is -0.147. The number of carboxylic acids is 1. The van der Waals surface area contributed by atoms with Crippen molar-refractivity contribution in [3.05, 3.63) is 46.6 Å². The predicted molar refractivity (Wildman–Crippen MR) is 99.2 cm³/mol. The van der Waals surface area contributed by atoms with Crippen LogP contribution in [0.5, 0.6) is 0 Å². The molecule has 3 heterocycles. The molecule has 1 N–H and O–H groups in total. The Balaban J connectivity index is 1.69. The normalized spacial score (nSPS) is 21.2. The molecule has 0 aliphatic carbocycles. The number of hydrogen-bond acceptors (Lipinski definition) is 4. The molecule has 0 amide bonds. The van der Waals surface area contributed by atoms with Gasteiger partial charge in [-0.3, -0.25) is 14.1 Å². The lowest BCUT2D eigenvalue weighted by atomic mass is 9.90. The van der Waals surface area contributed by atoms with E-state index >= 15 is 0 Å². The Labute approximate surface area is 154 Å². The molecular weight excluding hydrogens is 358 g/mol. The SMILES string of the molecule is CC1(C(=O)O)CCN(Cc2c(-c3ccc(Cl)cc3)nc3sccn23)C1. The monoisotopic (exact) mass is 375 g/mol. The number of benzene rings is 1. The Morgan fingerprint density at radius 3 is 2.84 bits per heavy atom. The van der Waals surface area contributed by atoms with Crippen LogP contribution in [0.2, 0.25) is 5.02 Å². The van der Waals surface area contributed by atoms with Crippen LogP contribution in [0.25, 0.3) is 16.2 Å². The van der Waals surface area contributed by atoms with E-state index in [1.54, 1.807) is 11.3 Å². The van der Waals surface area contributed by atoms with Gasteiger partial charge in [-0.25, -0.2) is 4.98 Å². The van der Waals surface area contributed by atoms with Crippen molar-refractivity contribution in [2.45, 2.75) is 19.9 Å². The first kappa shape index (κ1) is 16.6. The second-order valence-corrected chi connectivity index (χ2v) is 8.11. The number of fused-ring (bicyclic) bond motifs is 1. The minimum atomic E-state index is -0.720. The number of aromatic nitrogens is 2. The molecule has 0 radical (unpaired) electrons. The quantitative estimate of drug-likeness (QED) is 0.748. The number of thiazole rings is 1. The van der Waals surface area contributed by atoms with Crippen LogP contribution in [-0.4, -0.2) is 38.4 Å². The van der Waals surface area contributed by atoms with Gasteiger partial charge in [0.1, 0.15) is 0 Å². The standard InChI is InChI=1S/C18H18ClN3O2S/c1-18(16(23)24)6-7-21(11-18)10-14-15(12-2-4-13(19)5-3-12)20-17-22(14)8-9-25-17/h2-5,8-9H,6-7,10-11H2,1H3,(H,23,24). The van der Waals surface area contributed by atoms with Gasteiger partial charge >= 0.3 is 5.97 Å². The molecule has 2 aromatic heterocycles. The van der Waals surface area contributed by atoms with Crippen molar-refractivity contribution in [1.82, 2.24) is 14.3 Å². The van der Waals surface area contributed by atoms with Crippen LogP contribution in [0.1, 0.15) is 19.0 Å². The van der Waals surface area contributed by atoms with E-state index in [0.29, 0.717) is 24.5 Å². The van der Waals surface area contributed by atoms with Crippen molar-refractivity contribution in [1.29, 1.82) is 0 Å². The third-order valence-corrected chi connectivity index (χ3v) is 5.93. The number of nitrogens with zero attached hydrogens (tertiary/aromatic N) is 3. The highest BCUT2D eigenvalue weighted by atomic mass is 35.5. The summed E-state index contributed by atoms with van der Waals surface area (Å²) >= 11 is 7.60. The van der Waals surface area contributed by atoms with E-state index in [4.69, 9.17) is 16.6 Å². The maximum atomic E-state index is 11.5. The highest BCUT2D eigenvalue weighted by molar-refractivity contribution is 7.15. The summed E-state index contributed by atoms with van der Waals surface area (Å²) in [7, 11) is 0. The first-order chi connectivity index (χ1) is 12.0. The molecule has 0 spiro atoms. The number of aliphatic carboxylic acids is 1. The van der Waals surface area contributed by atoms with Crippen LogP contribution in [0.4, 0.5) is 0 Å². The van der Waals surface area contributed by atoms with E-state index < -0.39 is 11.4 Å². The molecule has 5 nitrogen and oxygen atoms in total. The van der Waals surface area contributed by atoms with Gasteiger partial charge in [-0.15, -0.1) is 11.3 Å². The highest BCUT2D eigenvalue weighted by Gasteiger charge is 2.40. The molecule has 0 saturated carbocycles. The Kier molecular flexibility index (Phi) is 4.06. The van der Waals surface area contributed by atoms with Gasteiger partial charge in [0, 0.05) is 35.3 Å². The predicted octanol–water partition coefficient (Wildman–Crippen LogP) is 4.01. The third kappa shape index (κ3) is 2.94. The van der Waals surface area contributed by atoms with Gasteiger partial charge in [0.15, 0.2) is 4.96 Å². The molecule has 1 unspecified atom stereocenters. The largest absolute Gasteiger partial charge is 0.481 e. The summed E-state index contributed by atoms with van der Waals surface area (Å²) in [5, 5.41) is 12.2. The average Bonchev–Trinajstić information content (AvgIpc) is 3.25. The van der Waals surface area contributed by atoms with Gasteiger partial charge in [-0.2, -0.15) is 0 Å². The molecule has 1 atom stereocenters. The summed E-state index contributed by atoms with van der Waals surface area (Å²) in [6.45, 7) is 3.84. The second-order valence-electron chi connectivity index (χ2n) is 6.80. The Hall–Kier alpha value is -1.89. The van der Waals surface area contributed by atoms with Crippen molar-refractivity contribution in [3.8, 4) is 11.3 Å². The molecule has 1 aliphatic rings. The van der Waals surface area contributed by atoms with E-state index in [9.17, 15) is 9.90 Å². The number of imidazole rings is 1. The van der Waals surface area contributed by atoms with Crippen LogP contribution < -0.4 is 0 Å². The van der Waals surface area contributed by atoms with E-state index in [-0.39, 0.29) is 0 Å². The van der Waals surface area contributed by atoms with Gasteiger partial charge in [-0.05, 0) is 32.0 Å². The summed E-state index contributed by atoms with van der Waals surface area (Å²) in [5.74, 6) is -0.720. The van der Waals surface area contributed by atoms with E-state index in [1.165, 1.54) is 0 Å². The molecule has 1 aliphatic heterocycles. The summed E-state index contributed by atoms with van der Waals surface area (Å²) in [6.07, 6.45) is 2.69. The summed E-state index contributed by atoms with van der Waals surface area (Å²) in [6, 6.07) is 7.68. The topological polar surface area (TPSA) is 57.8 Å². The van der Waals surface area contributed by atoms with Crippen molar-refractivity contribution in [2.75, 3.05) is 13.1 Å². The molecule has 130 valence electrons. The Morgan fingerprint density at radius 2 is 2.16 bits per heavy atom. The maximum Gasteiger partial charge on any atom is 0.310 e. The number of likely N-dealkylation sites (tertiary alicyclic amines) is 1. The lowest BCUT2D eigenvalue weighted by Gasteiger charge is -2.20. The van der Waals surface area contributed by atoms with E-state index in [1.807, 2.05) is 42.8 Å². The van der Waals surface area contributed by atoms with Gasteiger partial charge < -0.3 is 5.11 Å². The molecular formula is C18H18ClN3O2S. The first-order valence-corrected chi connectivity index (χ1v) is 9.38. The van der Waals surface area contributed by atoms with E-state index in [0.717, 1.165) is 28.5 Å². The van der Waals surface area contributed by atoms with Crippen LogP contribution in [0.3, 0.4) is 0 Å². The first-order valence-electron chi connectivity index (χ1n) is 8.12. The third-order valence-electron chi connectivity index (χ3n) is 4.92. The molecule has 7 heteroatoms. The number of carboxylic acid groups (broad SMARTS) is 1. The molecule has 0 bridgehead atoms. The second kappa shape index (κ2) is 6.12. The zero-order valence-electron chi connectivity index (χ0n) is 13.8. The van der Waals surface area contributed by atoms with Crippen molar-refractivity contribution >= 4 is 33.9 Å². The molecule has 4 rings (SSSR count). The number of rotatable bonds is 4. The summed E-state index contributed by atoms with van der Waals surface area (Å²) in [5.41, 5.74) is 2.38. The molecule has 1 fully saturated rings. The smallest absolute Gasteiger partial charge is 0.310 e. The van der Waals surface area contributed by atoms with Gasteiger partial charge in [0.2, 0.25) is 0 Å². The minimum Gasteiger partial charge on any atom is -0.481 e. The average molecular weight is 376 g/mol. The highest BCUT2D eigenvalue weighted by Crippen LogP contribution is 2.34. The fourth-order valence-corrected chi connectivity index (χ4v) is 4.26. The number of hydrogen-bond donors (Lipinski definition) is 1. The van der Waals surface area contributed by atoms with Gasteiger partial charge in [0.25, 0.3) is 0 Å². The van der Waals surface area contributed by atoms with Crippen LogP contribution in [-0.2, 0) is 11.3 Å². The van der Waals surface area contributed by atoms with Crippen molar-refractivity contribution in [3.63, 3.8) is 0 Å². The number of carbonyl (C=O) groups is 1. The summed E-state index contributed by atoms with van der Waals surface area (Å²) in [4.78, 5) is 19.4. The van der Waals surface area contributed by atoms with Crippen molar-refractivity contribution in [2.24, 2.45) is 5.41 Å². The van der Waals surface area contributed by atoms with Gasteiger partial charge in [0.05, 0.1) is 16.8 Å². The fraction of sp³-hybridized carbons (Fsp3) is 0.333. The fourth-order valence-electron chi connectivity index (χ4n) is 3.40. The maximum absolute atomic E-state index is 11.5. The summed E-state index contributed by atoms with van der Waals surface area (Å²) < 4.78 is 2.10. The van der Waals surface area contributed by atoms with E-state index in [2.05, 4.69) is 9.30 Å². The van der Waals surface area contributed by atoms with Gasteiger partial charge in [-0.1, -0.05) is 23.7 Å². The number of halogens is 1. The van der Waals surface area contributed by atoms with Crippen LogP contribution >= 0.6 is 22.9 Å². The Bertz CT molecular complexity index is 934. The van der Waals surface area contributed by atoms with Crippen LogP contribution in [0, 0.1) is 5.41 Å². The lowest BCUT2D eigenvalue weighted by Crippen LogP contribution is -2.31.